The van der Waals surface area contributed by atoms with Crippen LogP contribution in [0.1, 0.15) is 12.0 Å². The maximum atomic E-state index is 12.4. The van der Waals surface area contributed by atoms with Gasteiger partial charge in [0.15, 0.2) is 0 Å². The Morgan fingerprint density at radius 3 is 2.73 bits per heavy atom. The summed E-state index contributed by atoms with van der Waals surface area (Å²) in [6.45, 7) is 1.52. The lowest BCUT2D eigenvalue weighted by molar-refractivity contribution is -0.174. The van der Waals surface area contributed by atoms with E-state index in [1.165, 1.54) is 0 Å². The molecule has 22 heavy (non-hydrogen) atoms. The molecule has 2 aliphatic rings. The number of hydrogen-bond donors (Lipinski definition) is 1. The maximum absolute atomic E-state index is 12.4. The lowest BCUT2D eigenvalue weighted by atomic mass is 10.1. The van der Waals surface area contributed by atoms with E-state index in [0.717, 1.165) is 12.0 Å². The van der Waals surface area contributed by atoms with Crippen LogP contribution in [0.15, 0.2) is 30.3 Å². The van der Waals surface area contributed by atoms with Crippen molar-refractivity contribution in [1.82, 2.24) is 10.2 Å². The second-order valence-corrected chi connectivity index (χ2v) is 5.68. The molecule has 3 rings (SSSR count). The van der Waals surface area contributed by atoms with Crippen LogP contribution in [0.25, 0.3) is 0 Å². The molecular formula is C15H17F3N2O2. The van der Waals surface area contributed by atoms with Crippen molar-refractivity contribution in [2.75, 3.05) is 13.2 Å². The third kappa shape index (κ3) is 3.10. The van der Waals surface area contributed by atoms with Crippen molar-refractivity contribution >= 4 is 5.91 Å². The number of nitrogens with zero attached hydrogens (tertiary/aromatic N) is 1. The number of halogens is 3. The molecule has 2 saturated heterocycles. The standard InChI is InChI=1S/C15H17F3N2O2/c16-15(17,18)14(21)19-11-9-20(12-6-7-22-13(11)12)8-10-4-2-1-3-5-10/h1-5,11-13H,6-9H2,(H,19,21)/t11-,12+,13+/m0/s1. The van der Waals surface area contributed by atoms with Gasteiger partial charge in [-0.25, -0.2) is 0 Å². The van der Waals surface area contributed by atoms with E-state index < -0.39 is 18.1 Å². The number of amides is 1. The first kappa shape index (κ1) is 15.3. The molecule has 0 bridgehead atoms. The minimum Gasteiger partial charge on any atom is -0.374 e. The van der Waals surface area contributed by atoms with Crippen LogP contribution in [-0.2, 0) is 16.1 Å². The van der Waals surface area contributed by atoms with Gasteiger partial charge in [-0.05, 0) is 12.0 Å². The van der Waals surface area contributed by atoms with Crippen LogP contribution < -0.4 is 5.32 Å². The summed E-state index contributed by atoms with van der Waals surface area (Å²) in [6.07, 6.45) is -4.45. The minimum absolute atomic E-state index is 0.0544. The summed E-state index contributed by atoms with van der Waals surface area (Å²) >= 11 is 0. The summed E-state index contributed by atoms with van der Waals surface area (Å²) in [7, 11) is 0. The molecular weight excluding hydrogens is 297 g/mol. The third-order valence-electron chi connectivity index (χ3n) is 4.20. The first-order valence-corrected chi connectivity index (χ1v) is 7.22. The number of carbonyl (C=O) groups excluding carboxylic acids is 1. The molecule has 0 saturated carbocycles. The monoisotopic (exact) mass is 314 g/mol. The van der Waals surface area contributed by atoms with Crippen molar-refractivity contribution < 1.29 is 22.7 Å². The molecule has 0 aliphatic carbocycles. The highest BCUT2D eigenvalue weighted by Gasteiger charge is 2.49. The number of alkyl halides is 3. The summed E-state index contributed by atoms with van der Waals surface area (Å²) in [6, 6.07) is 9.16. The summed E-state index contributed by atoms with van der Waals surface area (Å²) in [5, 5.41) is 2.08. The number of likely N-dealkylation sites (tertiary alicyclic amines) is 1. The molecule has 7 heteroatoms. The Labute approximate surface area is 126 Å². The van der Waals surface area contributed by atoms with Gasteiger partial charge in [0.2, 0.25) is 0 Å². The average molecular weight is 314 g/mol. The topological polar surface area (TPSA) is 41.6 Å². The molecule has 0 unspecified atom stereocenters. The third-order valence-corrected chi connectivity index (χ3v) is 4.20. The molecule has 3 atom stereocenters. The van der Waals surface area contributed by atoms with Crippen molar-refractivity contribution in [2.24, 2.45) is 0 Å². The molecule has 0 radical (unpaired) electrons. The number of hydrogen-bond acceptors (Lipinski definition) is 3. The Bertz CT molecular complexity index is 535. The Balaban J connectivity index is 1.68. The lowest BCUT2D eigenvalue weighted by Gasteiger charge is -2.21. The van der Waals surface area contributed by atoms with Crippen LogP contribution in [0.3, 0.4) is 0 Å². The molecule has 4 nitrogen and oxygen atoms in total. The zero-order chi connectivity index (χ0) is 15.7. The quantitative estimate of drug-likeness (QED) is 0.923. The van der Waals surface area contributed by atoms with E-state index in [9.17, 15) is 18.0 Å². The fourth-order valence-corrected chi connectivity index (χ4v) is 3.24. The Morgan fingerprint density at radius 1 is 1.32 bits per heavy atom. The minimum atomic E-state index is -4.86. The number of nitrogens with one attached hydrogen (secondary N) is 1. The first-order chi connectivity index (χ1) is 10.4. The summed E-state index contributed by atoms with van der Waals surface area (Å²) in [5.41, 5.74) is 1.09. The zero-order valence-corrected chi connectivity index (χ0v) is 11.8. The van der Waals surface area contributed by atoms with E-state index in [0.29, 0.717) is 19.7 Å². The fraction of sp³-hybridized carbons (Fsp3) is 0.533. The smallest absolute Gasteiger partial charge is 0.374 e. The van der Waals surface area contributed by atoms with Gasteiger partial charge in [0, 0.05) is 25.7 Å². The highest BCUT2D eigenvalue weighted by Crippen LogP contribution is 2.31. The van der Waals surface area contributed by atoms with Crippen LogP contribution in [0, 0.1) is 0 Å². The van der Waals surface area contributed by atoms with E-state index in [4.69, 9.17) is 4.74 Å². The van der Waals surface area contributed by atoms with Crippen molar-refractivity contribution in [1.29, 1.82) is 0 Å². The zero-order valence-electron chi connectivity index (χ0n) is 11.8. The Morgan fingerprint density at radius 2 is 2.05 bits per heavy atom. The highest BCUT2D eigenvalue weighted by atomic mass is 19.4. The van der Waals surface area contributed by atoms with Gasteiger partial charge in [-0.1, -0.05) is 30.3 Å². The van der Waals surface area contributed by atoms with Gasteiger partial charge in [0.05, 0.1) is 12.1 Å². The summed E-state index contributed by atoms with van der Waals surface area (Å²) < 4.78 is 42.8. The molecule has 2 aliphatic heterocycles. The maximum Gasteiger partial charge on any atom is 0.471 e. The number of ether oxygens (including phenoxy) is 1. The molecule has 0 spiro atoms. The highest BCUT2D eigenvalue weighted by molar-refractivity contribution is 5.82. The predicted molar refractivity (Wildman–Crippen MR) is 73.0 cm³/mol. The van der Waals surface area contributed by atoms with Crippen LogP contribution in [0.2, 0.25) is 0 Å². The first-order valence-electron chi connectivity index (χ1n) is 7.22. The van der Waals surface area contributed by atoms with Gasteiger partial charge in [0.25, 0.3) is 0 Å². The molecule has 1 N–H and O–H groups in total. The van der Waals surface area contributed by atoms with Crippen LogP contribution in [0.5, 0.6) is 0 Å². The van der Waals surface area contributed by atoms with E-state index in [1.54, 1.807) is 0 Å². The molecule has 1 aromatic rings. The van der Waals surface area contributed by atoms with E-state index in [2.05, 4.69) is 10.2 Å². The van der Waals surface area contributed by atoms with E-state index >= 15 is 0 Å². The molecule has 120 valence electrons. The van der Waals surface area contributed by atoms with Crippen molar-refractivity contribution in [3.8, 4) is 0 Å². The molecule has 2 fully saturated rings. The Kier molecular flexibility index (Phi) is 4.10. The fourth-order valence-electron chi connectivity index (χ4n) is 3.24. The number of rotatable bonds is 3. The largest absolute Gasteiger partial charge is 0.471 e. The second kappa shape index (κ2) is 5.89. The van der Waals surface area contributed by atoms with Crippen molar-refractivity contribution in [2.45, 2.75) is 37.3 Å². The van der Waals surface area contributed by atoms with Gasteiger partial charge < -0.3 is 10.1 Å². The van der Waals surface area contributed by atoms with Crippen LogP contribution >= 0.6 is 0 Å². The van der Waals surface area contributed by atoms with Crippen LogP contribution in [0.4, 0.5) is 13.2 Å². The summed E-state index contributed by atoms with van der Waals surface area (Å²) in [4.78, 5) is 13.3. The molecule has 1 aromatic carbocycles. The second-order valence-electron chi connectivity index (χ2n) is 5.68. The number of fused-ring (bicyclic) bond motifs is 1. The average Bonchev–Trinajstić information content (AvgIpc) is 3.04. The SMILES string of the molecule is O=C(N[C@H]1CN(Cc2ccccc2)[C@@H]2CCO[C@H]12)C(F)(F)F. The van der Waals surface area contributed by atoms with Gasteiger partial charge in [-0.2, -0.15) is 13.2 Å². The van der Waals surface area contributed by atoms with Gasteiger partial charge in [0.1, 0.15) is 0 Å². The molecule has 0 aromatic heterocycles. The van der Waals surface area contributed by atoms with E-state index in [-0.39, 0.29) is 12.1 Å². The van der Waals surface area contributed by atoms with Gasteiger partial charge in [-0.3, -0.25) is 9.69 Å². The number of benzene rings is 1. The number of carbonyl (C=O) groups is 1. The van der Waals surface area contributed by atoms with Crippen molar-refractivity contribution in [3.05, 3.63) is 35.9 Å². The van der Waals surface area contributed by atoms with E-state index in [1.807, 2.05) is 30.3 Å². The van der Waals surface area contributed by atoms with Crippen LogP contribution in [-0.4, -0.2) is 48.3 Å². The van der Waals surface area contributed by atoms with Gasteiger partial charge in [-0.15, -0.1) is 0 Å². The lowest BCUT2D eigenvalue weighted by Crippen LogP contribution is -2.48. The summed E-state index contributed by atoms with van der Waals surface area (Å²) in [5.74, 6) is -1.90. The van der Waals surface area contributed by atoms with Gasteiger partial charge >= 0.3 is 12.1 Å². The van der Waals surface area contributed by atoms with Crippen molar-refractivity contribution in [3.63, 3.8) is 0 Å². The normalized spacial score (nSPS) is 28.6. The Hall–Kier alpha value is -1.60. The molecule has 2 heterocycles. The molecule has 1 amide bonds. The predicted octanol–water partition coefficient (Wildman–Crippen LogP) is 1.71.